The van der Waals surface area contributed by atoms with Crippen molar-refractivity contribution in [2.75, 3.05) is 6.61 Å². The molecule has 1 aliphatic heterocycles. The summed E-state index contributed by atoms with van der Waals surface area (Å²) < 4.78 is 7.44. The van der Waals surface area contributed by atoms with Gasteiger partial charge in [-0.25, -0.2) is 14.2 Å². The number of benzene rings is 1. The van der Waals surface area contributed by atoms with Crippen molar-refractivity contribution < 1.29 is 9.53 Å². The molecule has 1 aliphatic rings. The smallest absolute Gasteiger partial charge is 0.335 e. The van der Waals surface area contributed by atoms with Gasteiger partial charge in [0.15, 0.2) is 6.04 Å². The maximum atomic E-state index is 12.7. The fourth-order valence-corrected chi connectivity index (χ4v) is 2.55. The Bertz CT molecular complexity index is 904. The largest absolute Gasteiger partial charge is 0.460 e. The number of hydrogen-bond donors (Lipinski definition) is 0. The number of ether oxygens (including phenoxy) is 1. The first-order valence-electron chi connectivity index (χ1n) is 6.83. The van der Waals surface area contributed by atoms with Crippen LogP contribution in [0, 0.1) is 0 Å². The van der Waals surface area contributed by atoms with Crippen LogP contribution in [0.3, 0.4) is 0 Å². The number of allylic oxidation sites excluding steroid dienone is 1. The van der Waals surface area contributed by atoms with Gasteiger partial charge >= 0.3 is 5.97 Å². The lowest BCUT2D eigenvalue weighted by Crippen LogP contribution is -2.44. The maximum Gasteiger partial charge on any atom is 0.335 e. The standard InChI is InChI=1S/C16H14N2O4/c1-2-10-22-16(21)13-8-5-9-17-14(19)11-6-3-4-7-12(11)15(20)18(13)17/h2-8,13H,1,9-10H2. The van der Waals surface area contributed by atoms with Crippen molar-refractivity contribution in [3.8, 4) is 0 Å². The van der Waals surface area contributed by atoms with E-state index in [9.17, 15) is 14.4 Å². The van der Waals surface area contributed by atoms with Gasteiger partial charge in [-0.2, -0.15) is 0 Å². The van der Waals surface area contributed by atoms with Crippen LogP contribution < -0.4 is 11.1 Å². The van der Waals surface area contributed by atoms with Crippen molar-refractivity contribution in [2.24, 2.45) is 0 Å². The molecule has 0 bridgehead atoms. The van der Waals surface area contributed by atoms with Crippen LogP contribution in [0.15, 0.2) is 58.7 Å². The number of carbonyl (C=O) groups is 1. The zero-order valence-electron chi connectivity index (χ0n) is 11.8. The topological polar surface area (TPSA) is 70.3 Å². The third kappa shape index (κ3) is 2.09. The number of nitrogens with zero attached hydrogens (tertiary/aromatic N) is 2. The quantitative estimate of drug-likeness (QED) is 0.626. The fourth-order valence-electron chi connectivity index (χ4n) is 2.55. The molecular weight excluding hydrogens is 284 g/mol. The van der Waals surface area contributed by atoms with Crippen molar-refractivity contribution in [1.82, 2.24) is 9.36 Å². The Morgan fingerprint density at radius 3 is 2.64 bits per heavy atom. The second-order valence-electron chi connectivity index (χ2n) is 4.87. The van der Waals surface area contributed by atoms with Crippen LogP contribution in [-0.4, -0.2) is 21.9 Å². The summed E-state index contributed by atoms with van der Waals surface area (Å²) in [6, 6.07) is 5.63. The molecule has 6 nitrogen and oxygen atoms in total. The Hall–Kier alpha value is -2.89. The molecule has 1 atom stereocenters. The highest BCUT2D eigenvalue weighted by Gasteiger charge is 2.27. The Balaban J connectivity index is 2.24. The Labute approximate surface area is 125 Å². The normalized spacial score (nSPS) is 16.3. The van der Waals surface area contributed by atoms with Gasteiger partial charge in [-0.05, 0) is 12.1 Å². The first kappa shape index (κ1) is 14.1. The highest BCUT2D eigenvalue weighted by molar-refractivity contribution is 5.82. The van der Waals surface area contributed by atoms with Crippen molar-refractivity contribution in [3.05, 3.63) is 69.8 Å². The number of carbonyl (C=O) groups excluding carboxylic acids is 1. The SMILES string of the molecule is C=CCOC(=O)C1C=CCn2c(=O)c3ccccc3c(=O)n21. The highest BCUT2D eigenvalue weighted by atomic mass is 16.5. The zero-order valence-corrected chi connectivity index (χ0v) is 11.8. The number of aromatic nitrogens is 2. The molecule has 6 heteroatoms. The summed E-state index contributed by atoms with van der Waals surface area (Å²) in [6.07, 6.45) is 4.69. The molecule has 2 aromatic rings. The van der Waals surface area contributed by atoms with Crippen molar-refractivity contribution in [2.45, 2.75) is 12.6 Å². The van der Waals surface area contributed by atoms with Gasteiger partial charge in [-0.15, -0.1) is 0 Å². The van der Waals surface area contributed by atoms with Crippen molar-refractivity contribution in [1.29, 1.82) is 0 Å². The minimum atomic E-state index is -0.946. The molecule has 112 valence electrons. The molecule has 0 N–H and O–H groups in total. The van der Waals surface area contributed by atoms with Crippen LogP contribution in [0.1, 0.15) is 6.04 Å². The van der Waals surface area contributed by atoms with E-state index in [0.29, 0.717) is 10.8 Å². The lowest BCUT2D eigenvalue weighted by atomic mass is 10.1. The van der Waals surface area contributed by atoms with E-state index in [-0.39, 0.29) is 24.3 Å². The summed E-state index contributed by atoms with van der Waals surface area (Å²) >= 11 is 0. The minimum absolute atomic E-state index is 0.0513. The third-order valence-corrected chi connectivity index (χ3v) is 3.54. The van der Waals surface area contributed by atoms with Crippen LogP contribution in [-0.2, 0) is 16.1 Å². The molecule has 0 saturated heterocycles. The summed E-state index contributed by atoms with van der Waals surface area (Å²) in [5, 5.41) is 0.637. The van der Waals surface area contributed by atoms with Crippen LogP contribution in [0.25, 0.3) is 10.8 Å². The average molecular weight is 298 g/mol. The third-order valence-electron chi connectivity index (χ3n) is 3.54. The number of hydrogen-bond acceptors (Lipinski definition) is 4. The van der Waals surface area contributed by atoms with Crippen LogP contribution in [0.2, 0.25) is 0 Å². The molecule has 0 saturated carbocycles. The van der Waals surface area contributed by atoms with Crippen LogP contribution in [0.5, 0.6) is 0 Å². The molecule has 22 heavy (non-hydrogen) atoms. The van der Waals surface area contributed by atoms with E-state index in [4.69, 9.17) is 4.74 Å². The molecule has 0 amide bonds. The van der Waals surface area contributed by atoms with Gasteiger partial charge in [0.25, 0.3) is 11.1 Å². The van der Waals surface area contributed by atoms with Crippen LogP contribution in [0.4, 0.5) is 0 Å². The van der Waals surface area contributed by atoms with E-state index >= 15 is 0 Å². The second-order valence-corrected chi connectivity index (χ2v) is 4.87. The number of fused-ring (bicyclic) bond motifs is 2. The lowest BCUT2D eigenvalue weighted by Gasteiger charge is -2.24. The van der Waals surface area contributed by atoms with Gasteiger partial charge in [0.05, 0.1) is 17.3 Å². The van der Waals surface area contributed by atoms with Gasteiger partial charge in [-0.3, -0.25) is 9.59 Å². The zero-order chi connectivity index (χ0) is 15.7. The van der Waals surface area contributed by atoms with Crippen molar-refractivity contribution >= 4 is 16.7 Å². The van der Waals surface area contributed by atoms with Gasteiger partial charge < -0.3 is 4.74 Å². The minimum Gasteiger partial charge on any atom is -0.460 e. The monoisotopic (exact) mass is 298 g/mol. The molecule has 3 rings (SSSR count). The molecular formula is C16H14N2O4. The second kappa shape index (κ2) is 5.48. The maximum absolute atomic E-state index is 12.7. The van der Waals surface area contributed by atoms with E-state index in [1.807, 2.05) is 0 Å². The predicted molar refractivity (Wildman–Crippen MR) is 81.8 cm³/mol. The predicted octanol–water partition coefficient (Wildman–Crippen LogP) is 1.00. The molecule has 0 radical (unpaired) electrons. The van der Waals surface area contributed by atoms with Gasteiger partial charge in [0, 0.05) is 0 Å². The summed E-state index contributed by atoms with van der Waals surface area (Å²) in [6.45, 7) is 3.77. The van der Waals surface area contributed by atoms with Crippen molar-refractivity contribution in [3.63, 3.8) is 0 Å². The van der Waals surface area contributed by atoms with E-state index < -0.39 is 12.0 Å². The number of esters is 1. The fraction of sp³-hybridized carbons (Fsp3) is 0.188. The van der Waals surface area contributed by atoms with Gasteiger partial charge in [0.2, 0.25) is 0 Å². The summed E-state index contributed by atoms with van der Waals surface area (Å²) in [5.41, 5.74) is -0.693. The van der Waals surface area contributed by atoms with E-state index in [2.05, 4.69) is 6.58 Å². The molecule has 0 aliphatic carbocycles. The first-order valence-corrected chi connectivity index (χ1v) is 6.83. The van der Waals surface area contributed by atoms with E-state index in [1.54, 1.807) is 36.4 Å². The Morgan fingerprint density at radius 1 is 1.27 bits per heavy atom. The van der Waals surface area contributed by atoms with Crippen LogP contribution >= 0.6 is 0 Å². The summed E-state index contributed by atoms with van der Waals surface area (Å²) in [4.78, 5) is 37.3. The number of rotatable bonds is 3. The van der Waals surface area contributed by atoms with Gasteiger partial charge in [0.1, 0.15) is 6.61 Å². The van der Waals surface area contributed by atoms with Gasteiger partial charge in [-0.1, -0.05) is 36.9 Å². The summed E-state index contributed by atoms with van der Waals surface area (Å²) in [5.74, 6) is -0.596. The molecule has 1 aromatic carbocycles. The highest BCUT2D eigenvalue weighted by Crippen LogP contribution is 2.15. The Kier molecular flexibility index (Phi) is 3.50. The average Bonchev–Trinajstić information content (AvgIpc) is 2.57. The lowest BCUT2D eigenvalue weighted by molar-refractivity contribution is -0.145. The molecule has 0 spiro atoms. The molecule has 0 fully saturated rings. The van der Waals surface area contributed by atoms with E-state index in [1.165, 1.54) is 10.8 Å². The Morgan fingerprint density at radius 2 is 1.95 bits per heavy atom. The molecule has 1 aromatic heterocycles. The summed E-state index contributed by atoms with van der Waals surface area (Å²) in [7, 11) is 0. The first-order chi connectivity index (χ1) is 10.6. The molecule has 1 unspecified atom stereocenters. The van der Waals surface area contributed by atoms with E-state index in [0.717, 1.165) is 4.68 Å². The molecule has 2 heterocycles.